The van der Waals surface area contributed by atoms with E-state index in [0.29, 0.717) is 12.2 Å². The molecule has 0 saturated heterocycles. The number of esters is 1. The van der Waals surface area contributed by atoms with Gasteiger partial charge in [-0.25, -0.2) is 0 Å². The maximum absolute atomic E-state index is 11.9. The monoisotopic (exact) mass is 279 g/mol. The summed E-state index contributed by atoms with van der Waals surface area (Å²) in [5.41, 5.74) is 1.12. The highest BCUT2D eigenvalue weighted by molar-refractivity contribution is 6.33. The van der Waals surface area contributed by atoms with Crippen LogP contribution in [0.1, 0.15) is 35.3 Å². The van der Waals surface area contributed by atoms with Crippen LogP contribution in [-0.2, 0) is 16.0 Å². The Hall–Kier alpha value is -1.86. The number of hydrogen-bond donors (Lipinski definition) is 0. The molecule has 1 aromatic carbocycles. The highest BCUT2D eigenvalue weighted by Gasteiger charge is 2.17. The molecule has 1 unspecified atom stereocenters. The van der Waals surface area contributed by atoms with Crippen LogP contribution in [0, 0.1) is 11.3 Å². The molecular formula is C14H14ClNO3. The number of ether oxygens (including phenoxy) is 1. The minimum atomic E-state index is -0.718. The molecule has 1 aromatic rings. The van der Waals surface area contributed by atoms with Crippen LogP contribution in [0.25, 0.3) is 0 Å². The molecule has 4 nitrogen and oxygen atoms in total. The Balaban J connectivity index is 3.06. The Labute approximate surface area is 116 Å². The van der Waals surface area contributed by atoms with Gasteiger partial charge in [-0.15, -0.1) is 11.6 Å². The number of halogens is 1. The lowest BCUT2D eigenvalue weighted by Gasteiger charge is -2.08. The summed E-state index contributed by atoms with van der Waals surface area (Å²) in [6, 6.07) is 6.61. The van der Waals surface area contributed by atoms with Gasteiger partial charge in [0.1, 0.15) is 0 Å². The summed E-state index contributed by atoms with van der Waals surface area (Å²) in [5, 5.41) is 8.25. The van der Waals surface area contributed by atoms with Gasteiger partial charge in [-0.1, -0.05) is 6.07 Å². The lowest BCUT2D eigenvalue weighted by Crippen LogP contribution is -2.14. The molecular weight excluding hydrogens is 266 g/mol. The second-order valence-corrected chi connectivity index (χ2v) is 4.61. The molecule has 5 heteroatoms. The first-order valence-electron chi connectivity index (χ1n) is 5.86. The van der Waals surface area contributed by atoms with Crippen molar-refractivity contribution in [3.05, 3.63) is 34.9 Å². The third-order valence-electron chi connectivity index (χ3n) is 2.48. The molecule has 0 heterocycles. The number of nitrogens with zero attached hydrogens (tertiary/aromatic N) is 1. The second kappa shape index (κ2) is 6.91. The lowest BCUT2D eigenvalue weighted by atomic mass is 9.98. The van der Waals surface area contributed by atoms with E-state index in [-0.39, 0.29) is 29.3 Å². The fraction of sp³-hybridized carbons (Fsp3) is 0.357. The summed E-state index contributed by atoms with van der Waals surface area (Å²) in [6.45, 7) is 3.57. The topological polar surface area (TPSA) is 67.2 Å². The van der Waals surface area contributed by atoms with Gasteiger partial charge >= 0.3 is 5.97 Å². The zero-order valence-electron chi connectivity index (χ0n) is 10.8. The summed E-state index contributed by atoms with van der Waals surface area (Å²) in [4.78, 5) is 23.3. The van der Waals surface area contributed by atoms with Crippen LogP contribution in [-0.4, -0.2) is 23.7 Å². The van der Waals surface area contributed by atoms with E-state index in [1.54, 1.807) is 19.9 Å². The zero-order valence-corrected chi connectivity index (χ0v) is 11.5. The molecule has 0 bridgehead atoms. The number of nitriles is 1. The predicted octanol–water partition coefficient (Wildman–Crippen LogP) is 2.47. The molecule has 1 rings (SSSR count). The Morgan fingerprint density at radius 1 is 1.47 bits per heavy atom. The largest absolute Gasteiger partial charge is 0.466 e. The van der Waals surface area contributed by atoms with Crippen molar-refractivity contribution in [3.63, 3.8) is 0 Å². The van der Waals surface area contributed by atoms with Crippen molar-refractivity contribution in [1.29, 1.82) is 5.26 Å². The van der Waals surface area contributed by atoms with Crippen molar-refractivity contribution < 1.29 is 14.3 Å². The van der Waals surface area contributed by atoms with Crippen molar-refractivity contribution in [2.24, 2.45) is 0 Å². The quantitative estimate of drug-likeness (QED) is 0.472. The molecule has 0 fully saturated rings. The van der Waals surface area contributed by atoms with Gasteiger partial charge in [0.2, 0.25) is 0 Å². The number of benzene rings is 1. The molecule has 0 saturated carbocycles. The molecule has 1 atom stereocenters. The van der Waals surface area contributed by atoms with Gasteiger partial charge in [0.25, 0.3) is 0 Å². The molecule has 0 radical (unpaired) electrons. The van der Waals surface area contributed by atoms with Crippen molar-refractivity contribution in [1.82, 2.24) is 0 Å². The van der Waals surface area contributed by atoms with Crippen molar-refractivity contribution >= 4 is 23.4 Å². The van der Waals surface area contributed by atoms with E-state index in [1.165, 1.54) is 12.1 Å². The smallest absolute Gasteiger partial charge is 0.310 e. The van der Waals surface area contributed by atoms with Crippen LogP contribution < -0.4 is 0 Å². The zero-order chi connectivity index (χ0) is 14.4. The number of ketones is 1. The normalized spacial score (nSPS) is 11.5. The minimum Gasteiger partial charge on any atom is -0.466 e. The highest BCUT2D eigenvalue weighted by atomic mass is 35.5. The number of rotatable bonds is 5. The summed E-state index contributed by atoms with van der Waals surface area (Å²) in [5.74, 6) is -0.701. The second-order valence-electron chi connectivity index (χ2n) is 3.95. The number of carbonyl (C=O) groups excluding carboxylic acids is 2. The average Bonchev–Trinajstić information content (AvgIpc) is 2.37. The fourth-order valence-corrected chi connectivity index (χ4v) is 1.71. The maximum atomic E-state index is 11.9. The standard InChI is InChI=1S/C14H14ClNO3/c1-3-19-13(17)7-10-4-5-11(8-16)12(6-10)14(18)9(2)15/h4-6,9H,3,7H2,1-2H3. The first-order valence-corrected chi connectivity index (χ1v) is 6.30. The van der Waals surface area contributed by atoms with Crippen LogP contribution in [0.3, 0.4) is 0 Å². The van der Waals surface area contributed by atoms with Gasteiger partial charge in [0, 0.05) is 5.56 Å². The van der Waals surface area contributed by atoms with Crippen LogP contribution in [0.4, 0.5) is 0 Å². The summed E-state index contributed by atoms with van der Waals surface area (Å²) in [7, 11) is 0. The third kappa shape index (κ3) is 4.08. The summed E-state index contributed by atoms with van der Waals surface area (Å²) < 4.78 is 4.84. The molecule has 0 spiro atoms. The van der Waals surface area contributed by atoms with Crippen LogP contribution in [0.15, 0.2) is 18.2 Å². The molecule has 0 aliphatic carbocycles. The van der Waals surface area contributed by atoms with Gasteiger partial charge < -0.3 is 4.74 Å². The van der Waals surface area contributed by atoms with Gasteiger partial charge in [-0.3, -0.25) is 9.59 Å². The Bertz CT molecular complexity index is 532. The number of alkyl halides is 1. The van der Waals surface area contributed by atoms with Crippen molar-refractivity contribution in [3.8, 4) is 6.07 Å². The number of carbonyl (C=O) groups is 2. The van der Waals surface area contributed by atoms with Crippen LogP contribution in [0.2, 0.25) is 0 Å². The van der Waals surface area contributed by atoms with Crippen molar-refractivity contribution in [2.45, 2.75) is 25.6 Å². The fourth-order valence-electron chi connectivity index (χ4n) is 1.60. The molecule has 19 heavy (non-hydrogen) atoms. The van der Waals surface area contributed by atoms with E-state index in [1.807, 2.05) is 6.07 Å². The number of Topliss-reactive ketones (excluding diaryl/α,β-unsaturated/α-hetero) is 1. The summed E-state index contributed by atoms with van der Waals surface area (Å²) >= 11 is 5.75. The Morgan fingerprint density at radius 3 is 2.68 bits per heavy atom. The van der Waals surface area contributed by atoms with Crippen molar-refractivity contribution in [2.75, 3.05) is 6.61 Å². The van der Waals surface area contributed by atoms with E-state index in [9.17, 15) is 9.59 Å². The molecule has 0 N–H and O–H groups in total. The van der Waals surface area contributed by atoms with Gasteiger partial charge in [0.15, 0.2) is 5.78 Å². The van der Waals surface area contributed by atoms with Gasteiger partial charge in [-0.05, 0) is 31.5 Å². The van der Waals surface area contributed by atoms with Crippen LogP contribution in [0.5, 0.6) is 0 Å². The van der Waals surface area contributed by atoms with E-state index in [0.717, 1.165) is 0 Å². The maximum Gasteiger partial charge on any atom is 0.310 e. The molecule has 100 valence electrons. The van der Waals surface area contributed by atoms with E-state index < -0.39 is 5.38 Å². The minimum absolute atomic E-state index is 0.0660. The highest BCUT2D eigenvalue weighted by Crippen LogP contribution is 2.16. The van der Waals surface area contributed by atoms with Gasteiger partial charge in [-0.2, -0.15) is 5.26 Å². The molecule has 0 aliphatic heterocycles. The Kier molecular flexibility index (Phi) is 5.53. The molecule has 0 amide bonds. The predicted molar refractivity (Wildman–Crippen MR) is 71.1 cm³/mol. The van der Waals surface area contributed by atoms with E-state index in [2.05, 4.69) is 0 Å². The SMILES string of the molecule is CCOC(=O)Cc1ccc(C#N)c(C(=O)C(C)Cl)c1. The first-order chi connectivity index (χ1) is 8.99. The first kappa shape index (κ1) is 15.2. The summed E-state index contributed by atoms with van der Waals surface area (Å²) in [6.07, 6.45) is 0.0660. The molecule has 0 aliphatic rings. The lowest BCUT2D eigenvalue weighted by molar-refractivity contribution is -0.142. The van der Waals surface area contributed by atoms with E-state index >= 15 is 0 Å². The van der Waals surface area contributed by atoms with E-state index in [4.69, 9.17) is 21.6 Å². The molecule has 0 aromatic heterocycles. The number of hydrogen-bond acceptors (Lipinski definition) is 4. The van der Waals surface area contributed by atoms with Gasteiger partial charge in [0.05, 0.1) is 30.0 Å². The average molecular weight is 280 g/mol. The third-order valence-corrected chi connectivity index (χ3v) is 2.68. The Morgan fingerprint density at radius 2 is 2.16 bits per heavy atom. The van der Waals surface area contributed by atoms with Crippen LogP contribution >= 0.6 is 11.6 Å².